The van der Waals surface area contributed by atoms with Crippen LogP contribution in [0.5, 0.6) is 11.5 Å². The van der Waals surface area contributed by atoms with E-state index in [0.717, 1.165) is 0 Å². The first-order chi connectivity index (χ1) is 32.4. The van der Waals surface area contributed by atoms with Crippen molar-refractivity contribution in [3.63, 3.8) is 0 Å². The topological polar surface area (TPSA) is 275 Å². The summed E-state index contributed by atoms with van der Waals surface area (Å²) in [4.78, 5) is 61.9. The lowest BCUT2D eigenvalue weighted by atomic mass is 9.99. The lowest BCUT2D eigenvalue weighted by Crippen LogP contribution is -2.44. The van der Waals surface area contributed by atoms with Gasteiger partial charge in [-0.15, -0.1) is 0 Å². The van der Waals surface area contributed by atoms with E-state index in [2.05, 4.69) is 37.7 Å². The van der Waals surface area contributed by atoms with Crippen LogP contribution in [0.2, 0.25) is 0 Å². The number of nitrogens with zero attached hydrogens (tertiary/aromatic N) is 10. The summed E-state index contributed by atoms with van der Waals surface area (Å²) in [5, 5.41) is 14.6. The number of aromatic nitrogens is 8. The Morgan fingerprint density at radius 2 is 1.25 bits per heavy atom. The molecule has 0 aliphatic carbocycles. The second-order valence-corrected chi connectivity index (χ2v) is 18.3. The molecule has 0 bridgehead atoms. The number of benzene rings is 2. The average Bonchev–Trinajstić information content (AvgIpc) is 4.08. The molecule has 358 valence electrons. The van der Waals surface area contributed by atoms with Crippen LogP contribution < -0.4 is 31.6 Å². The van der Waals surface area contributed by atoms with Crippen molar-refractivity contribution in [3.8, 4) is 23.3 Å². The molecule has 1 saturated heterocycles. The minimum atomic E-state index is -3.53. The average molecular weight is 951 g/mol. The van der Waals surface area contributed by atoms with E-state index in [1.54, 1.807) is 44.5 Å². The molecule has 22 nitrogen and oxygen atoms in total. The van der Waals surface area contributed by atoms with Crippen molar-refractivity contribution < 1.29 is 37.1 Å². The van der Waals surface area contributed by atoms with E-state index in [9.17, 15) is 27.6 Å². The van der Waals surface area contributed by atoms with E-state index in [0.29, 0.717) is 83.9 Å². The van der Waals surface area contributed by atoms with Crippen molar-refractivity contribution >= 4 is 67.8 Å². The van der Waals surface area contributed by atoms with E-state index >= 15 is 0 Å². The minimum Gasteiger partial charge on any atom is -0.494 e. The smallest absolute Gasteiger partial charge is 0.281 e. The molecular formula is C45H54N14O8S. The molecule has 4 amide bonds. The zero-order valence-electron chi connectivity index (χ0n) is 38.9. The van der Waals surface area contributed by atoms with E-state index in [-0.39, 0.29) is 60.1 Å². The lowest BCUT2D eigenvalue weighted by molar-refractivity contribution is 0.0991. The standard InChI is InChI=1S/C45H54N14O8S/c1-8-58-34(21-27(3)52-58)42(62)50-44-48-32-23-30(40(46)60)25-36(66-7)38(32)56(44)16-10-11-17-57-39-33(49-45(57)51-43(63)35-22-28(4)53-59(35)9-2)24-31(41(47)61)26-37(39)67-20-12-13-29-14-18-55(19-15-29)68(64,65)54(5)6/h10-11,21-26,29H,8-9,14-20H2,1-7H3,(H2,46,60)(H2,47,61)(H,48,50,62)(H,49,51,63). The summed E-state index contributed by atoms with van der Waals surface area (Å²) < 4.78 is 46.4. The summed E-state index contributed by atoms with van der Waals surface area (Å²) in [6.07, 6.45) is 4.72. The van der Waals surface area contributed by atoms with Crippen LogP contribution in [0.1, 0.15) is 79.8 Å². The Kier molecular flexibility index (Phi) is 14.3. The van der Waals surface area contributed by atoms with Gasteiger partial charge in [-0.2, -0.15) is 27.2 Å². The predicted molar refractivity (Wildman–Crippen MR) is 254 cm³/mol. The molecule has 1 fully saturated rings. The van der Waals surface area contributed by atoms with Gasteiger partial charge in [-0.25, -0.2) is 9.97 Å². The number of carbonyl (C=O) groups excluding carboxylic acids is 4. The van der Waals surface area contributed by atoms with Gasteiger partial charge in [0.05, 0.1) is 29.5 Å². The summed E-state index contributed by atoms with van der Waals surface area (Å²) in [6, 6.07) is 9.35. The highest BCUT2D eigenvalue weighted by Gasteiger charge is 2.29. The fraction of sp³-hybridized carbons (Fsp3) is 0.378. The number of fused-ring (bicyclic) bond motifs is 2. The maximum atomic E-state index is 13.9. The van der Waals surface area contributed by atoms with Crippen molar-refractivity contribution in [3.05, 3.63) is 82.5 Å². The molecule has 0 radical (unpaired) electrons. The zero-order valence-corrected chi connectivity index (χ0v) is 39.7. The Morgan fingerprint density at radius 3 is 1.69 bits per heavy atom. The van der Waals surface area contributed by atoms with Crippen molar-refractivity contribution in [2.24, 2.45) is 17.4 Å². The number of methoxy groups -OCH3 is 1. The number of rotatable bonds is 17. The number of carbonyl (C=O) groups is 4. The molecule has 7 rings (SSSR count). The summed E-state index contributed by atoms with van der Waals surface area (Å²) in [5.41, 5.74) is 15.2. The highest BCUT2D eigenvalue weighted by atomic mass is 32.2. The van der Waals surface area contributed by atoms with E-state index in [4.69, 9.17) is 25.9 Å². The number of hydrogen-bond acceptors (Lipinski definition) is 12. The van der Waals surface area contributed by atoms with Crippen molar-refractivity contribution in [2.45, 2.75) is 66.7 Å². The van der Waals surface area contributed by atoms with Crippen LogP contribution in [0.15, 0.2) is 48.6 Å². The molecule has 0 unspecified atom stereocenters. The number of ether oxygens (including phenoxy) is 2. The third-order valence-electron chi connectivity index (χ3n) is 11.3. The molecule has 6 N–H and O–H groups in total. The highest BCUT2D eigenvalue weighted by Crippen LogP contribution is 2.33. The number of nitrogens with two attached hydrogens (primary N) is 2. The van der Waals surface area contributed by atoms with Crippen LogP contribution in [0.3, 0.4) is 0 Å². The second-order valence-electron chi connectivity index (χ2n) is 16.1. The first kappa shape index (κ1) is 48.4. The zero-order chi connectivity index (χ0) is 49.0. The quantitative estimate of drug-likeness (QED) is 0.0758. The van der Waals surface area contributed by atoms with Gasteiger partial charge in [0.2, 0.25) is 23.7 Å². The Morgan fingerprint density at radius 1 is 0.779 bits per heavy atom. The van der Waals surface area contributed by atoms with Gasteiger partial charge in [0.1, 0.15) is 40.5 Å². The molecule has 4 aromatic heterocycles. The van der Waals surface area contributed by atoms with Crippen molar-refractivity contribution in [1.82, 2.24) is 47.3 Å². The van der Waals surface area contributed by atoms with Gasteiger partial charge in [0.15, 0.2) is 0 Å². The molecule has 23 heteroatoms. The number of anilines is 2. The maximum absolute atomic E-state index is 13.9. The van der Waals surface area contributed by atoms with Crippen LogP contribution >= 0.6 is 0 Å². The van der Waals surface area contributed by atoms with Gasteiger partial charge >= 0.3 is 0 Å². The lowest BCUT2D eigenvalue weighted by Gasteiger charge is -2.30. The molecule has 2 aromatic carbocycles. The molecular weight excluding hydrogens is 897 g/mol. The summed E-state index contributed by atoms with van der Waals surface area (Å²) in [6.45, 7) is 9.01. The number of aryl methyl sites for hydroxylation is 4. The summed E-state index contributed by atoms with van der Waals surface area (Å²) >= 11 is 0. The third-order valence-corrected chi connectivity index (χ3v) is 13.3. The number of piperidine rings is 1. The van der Waals surface area contributed by atoms with Crippen LogP contribution in [0.4, 0.5) is 11.9 Å². The summed E-state index contributed by atoms with van der Waals surface area (Å²) in [7, 11) is 0.921. The number of imidazole rings is 2. The molecule has 1 aliphatic heterocycles. The summed E-state index contributed by atoms with van der Waals surface area (Å²) in [5.74, 6) is 4.63. The van der Waals surface area contributed by atoms with Gasteiger partial charge in [-0.05, 0) is 76.9 Å². The molecule has 6 aromatic rings. The fourth-order valence-electron chi connectivity index (χ4n) is 7.95. The second kappa shape index (κ2) is 20.1. The molecule has 5 heterocycles. The van der Waals surface area contributed by atoms with Gasteiger partial charge in [0, 0.05) is 70.4 Å². The van der Waals surface area contributed by atoms with E-state index in [1.165, 1.54) is 54.1 Å². The molecule has 1 aliphatic rings. The fourth-order valence-corrected chi connectivity index (χ4v) is 9.08. The SMILES string of the molecule is CCn1nc(C)cc1C(=O)Nc1nc2cc(C(N)=O)cc(OC)c2n1CC=CCn1c(NC(=O)c2cc(C)nn2CC)nc2cc(C(N)=O)cc(OCC#CC3CCN(S(=O)(=O)N(C)C)CC3)c21. The van der Waals surface area contributed by atoms with Crippen molar-refractivity contribution in [1.29, 1.82) is 0 Å². The number of amides is 4. The largest absolute Gasteiger partial charge is 0.494 e. The molecule has 0 atom stereocenters. The molecule has 68 heavy (non-hydrogen) atoms. The Hall–Kier alpha value is -7.55. The highest BCUT2D eigenvalue weighted by molar-refractivity contribution is 7.86. The van der Waals surface area contributed by atoms with Gasteiger partial charge in [-0.1, -0.05) is 24.0 Å². The molecule has 0 saturated carbocycles. The van der Waals surface area contributed by atoms with Crippen LogP contribution in [-0.2, 0) is 36.4 Å². The Bertz CT molecular complexity index is 3140. The van der Waals surface area contributed by atoms with Gasteiger partial charge in [-0.3, -0.25) is 39.2 Å². The monoisotopic (exact) mass is 950 g/mol. The number of nitrogens with one attached hydrogen (secondary N) is 2. The number of allylic oxidation sites excluding steroid dienone is 2. The van der Waals surface area contributed by atoms with Crippen molar-refractivity contribution in [2.75, 3.05) is 51.5 Å². The number of primary amides is 2. The number of hydrogen-bond donors (Lipinski definition) is 4. The molecule has 0 spiro atoms. The first-order valence-corrected chi connectivity index (χ1v) is 23.2. The van der Waals surface area contributed by atoms with E-state index < -0.39 is 33.8 Å². The Labute approximate surface area is 392 Å². The first-order valence-electron chi connectivity index (χ1n) is 21.8. The van der Waals surface area contributed by atoms with Crippen LogP contribution in [-0.4, -0.2) is 120 Å². The minimum absolute atomic E-state index is 0.0578. The normalized spacial score (nSPS) is 13.6. The van der Waals surface area contributed by atoms with Crippen LogP contribution in [0.25, 0.3) is 22.1 Å². The van der Waals surface area contributed by atoms with Gasteiger partial charge < -0.3 is 30.1 Å². The predicted octanol–water partition coefficient (Wildman–Crippen LogP) is 3.30. The van der Waals surface area contributed by atoms with Crippen LogP contribution in [0, 0.1) is 31.6 Å². The van der Waals surface area contributed by atoms with Gasteiger partial charge in [0.25, 0.3) is 22.0 Å². The Balaban J connectivity index is 1.24. The van der Waals surface area contributed by atoms with E-state index in [1.807, 2.05) is 26.0 Å². The third kappa shape index (κ3) is 10.1. The maximum Gasteiger partial charge on any atom is 0.281 e.